The minimum absolute atomic E-state index is 0.426. The van der Waals surface area contributed by atoms with Crippen LogP contribution in [0.2, 0.25) is 0 Å². The maximum absolute atomic E-state index is 5.79. The molecule has 3 rings (SSSR count). The van der Waals surface area contributed by atoms with Crippen LogP contribution in [0.4, 0.5) is 5.69 Å². The van der Waals surface area contributed by atoms with Crippen LogP contribution in [0, 0.1) is 0 Å². The monoisotopic (exact) mass is 299 g/mol. The summed E-state index contributed by atoms with van der Waals surface area (Å²) in [4.78, 5) is 5.71. The Morgan fingerprint density at radius 2 is 2.00 bits per heavy atom. The maximum atomic E-state index is 5.79. The Bertz CT molecular complexity index is 751. The molecule has 0 fully saturated rings. The van der Waals surface area contributed by atoms with Crippen LogP contribution in [0.5, 0.6) is 0 Å². The Labute approximate surface area is 126 Å². The first-order chi connectivity index (χ1) is 9.75. The zero-order chi connectivity index (χ0) is 13.9. The lowest BCUT2D eigenvalue weighted by Crippen LogP contribution is -2.10. The Morgan fingerprint density at radius 1 is 1.20 bits per heavy atom. The average Bonchev–Trinajstić information content (AvgIpc) is 2.97. The number of aromatic nitrogens is 1. The van der Waals surface area contributed by atoms with Gasteiger partial charge >= 0.3 is 0 Å². The van der Waals surface area contributed by atoms with Gasteiger partial charge in [-0.1, -0.05) is 36.5 Å². The van der Waals surface area contributed by atoms with E-state index in [1.807, 2.05) is 42.0 Å². The van der Waals surface area contributed by atoms with Gasteiger partial charge in [0, 0.05) is 27.7 Å². The molecule has 0 bridgehead atoms. The quantitative estimate of drug-likeness (QED) is 0.723. The lowest BCUT2D eigenvalue weighted by Gasteiger charge is -2.12. The highest BCUT2D eigenvalue weighted by atomic mass is 32.1. The van der Waals surface area contributed by atoms with Gasteiger partial charge in [-0.2, -0.15) is 0 Å². The molecule has 3 aromatic rings. The van der Waals surface area contributed by atoms with Crippen molar-refractivity contribution in [2.24, 2.45) is 5.73 Å². The Kier molecular flexibility index (Phi) is 3.62. The van der Waals surface area contributed by atoms with Gasteiger partial charge in [0.05, 0.1) is 12.1 Å². The lowest BCUT2D eigenvalue weighted by atomic mass is 10.0. The fourth-order valence-electron chi connectivity index (χ4n) is 2.18. The van der Waals surface area contributed by atoms with E-state index in [1.54, 1.807) is 11.3 Å². The number of rotatable bonds is 4. The van der Waals surface area contributed by atoms with E-state index in [0.29, 0.717) is 4.99 Å². The molecule has 0 aliphatic heterocycles. The summed E-state index contributed by atoms with van der Waals surface area (Å²) in [5, 5.41) is 5.65. The highest BCUT2D eigenvalue weighted by Gasteiger charge is 2.07. The Balaban J connectivity index is 1.99. The van der Waals surface area contributed by atoms with Crippen LogP contribution in [0.1, 0.15) is 10.4 Å². The first kappa shape index (κ1) is 13.0. The highest BCUT2D eigenvalue weighted by molar-refractivity contribution is 7.80. The van der Waals surface area contributed by atoms with Crippen LogP contribution in [0.3, 0.4) is 0 Å². The van der Waals surface area contributed by atoms with Gasteiger partial charge in [0.1, 0.15) is 4.99 Å². The van der Waals surface area contributed by atoms with Crippen LogP contribution in [-0.2, 0) is 6.54 Å². The molecule has 0 saturated carbocycles. The smallest absolute Gasteiger partial charge is 0.104 e. The van der Waals surface area contributed by atoms with Gasteiger partial charge in [-0.3, -0.25) is 4.98 Å². The van der Waals surface area contributed by atoms with Crippen molar-refractivity contribution in [2.75, 3.05) is 5.32 Å². The van der Waals surface area contributed by atoms with E-state index >= 15 is 0 Å². The number of thiocarbonyl (C=S) groups is 1. The van der Waals surface area contributed by atoms with Gasteiger partial charge in [-0.15, -0.1) is 11.3 Å². The molecule has 3 N–H and O–H groups in total. The topological polar surface area (TPSA) is 50.9 Å². The maximum Gasteiger partial charge on any atom is 0.104 e. The van der Waals surface area contributed by atoms with Crippen LogP contribution in [0.25, 0.3) is 10.8 Å². The van der Waals surface area contributed by atoms with Gasteiger partial charge in [0.15, 0.2) is 0 Å². The lowest BCUT2D eigenvalue weighted by molar-refractivity contribution is 1.18. The summed E-state index contributed by atoms with van der Waals surface area (Å²) in [5.74, 6) is 0. The molecular weight excluding hydrogens is 286 g/mol. The molecule has 5 heteroatoms. The summed E-state index contributed by atoms with van der Waals surface area (Å²) < 4.78 is 0. The normalized spacial score (nSPS) is 10.6. The molecule has 0 aliphatic rings. The third-order valence-electron chi connectivity index (χ3n) is 3.13. The molecular formula is C15H13N3S2. The second kappa shape index (κ2) is 5.56. The third kappa shape index (κ3) is 2.50. The summed E-state index contributed by atoms with van der Waals surface area (Å²) >= 11 is 6.75. The molecule has 20 heavy (non-hydrogen) atoms. The van der Waals surface area contributed by atoms with E-state index in [4.69, 9.17) is 18.0 Å². The van der Waals surface area contributed by atoms with Crippen LogP contribution in [0.15, 0.2) is 48.1 Å². The molecule has 0 unspecified atom stereocenters. The Morgan fingerprint density at radius 3 is 2.70 bits per heavy atom. The number of hydrogen-bond donors (Lipinski definition) is 2. The molecule has 0 spiro atoms. The van der Waals surface area contributed by atoms with E-state index in [0.717, 1.165) is 28.6 Å². The van der Waals surface area contributed by atoms with Crippen molar-refractivity contribution in [1.29, 1.82) is 0 Å². The van der Waals surface area contributed by atoms with E-state index < -0.39 is 0 Å². The van der Waals surface area contributed by atoms with Crippen molar-refractivity contribution in [1.82, 2.24) is 4.98 Å². The van der Waals surface area contributed by atoms with Crippen molar-refractivity contribution in [3.63, 3.8) is 0 Å². The summed E-state index contributed by atoms with van der Waals surface area (Å²) in [6.07, 6.45) is 1.88. The first-order valence-corrected chi connectivity index (χ1v) is 7.47. The minimum Gasteiger partial charge on any atom is -0.389 e. The SMILES string of the molecule is NC(=S)c1ccc(NCc2cncs2)c2ccccc12. The minimum atomic E-state index is 0.426. The number of nitrogens with two attached hydrogens (primary N) is 1. The molecule has 1 aromatic heterocycles. The molecule has 0 saturated heterocycles. The second-order valence-corrected chi connectivity index (χ2v) is 5.80. The number of hydrogen-bond acceptors (Lipinski definition) is 4. The molecule has 0 aliphatic carbocycles. The number of nitrogens with zero attached hydrogens (tertiary/aromatic N) is 1. The van der Waals surface area contributed by atoms with Gasteiger partial charge in [0.25, 0.3) is 0 Å². The van der Waals surface area contributed by atoms with Gasteiger partial charge in [-0.25, -0.2) is 0 Å². The van der Waals surface area contributed by atoms with Crippen LogP contribution >= 0.6 is 23.6 Å². The van der Waals surface area contributed by atoms with E-state index in [1.165, 1.54) is 4.88 Å². The number of benzene rings is 2. The third-order valence-corrected chi connectivity index (χ3v) is 4.13. The molecule has 100 valence electrons. The largest absolute Gasteiger partial charge is 0.389 e. The fourth-order valence-corrected chi connectivity index (χ4v) is 2.89. The van der Waals surface area contributed by atoms with E-state index in [-0.39, 0.29) is 0 Å². The highest BCUT2D eigenvalue weighted by Crippen LogP contribution is 2.27. The molecule has 0 radical (unpaired) electrons. The molecule has 0 amide bonds. The molecule has 3 nitrogen and oxygen atoms in total. The summed E-state index contributed by atoms with van der Waals surface area (Å²) in [5.41, 5.74) is 9.62. The first-order valence-electron chi connectivity index (χ1n) is 6.18. The predicted octanol–water partition coefficient (Wildman–Crippen LogP) is 3.54. The summed E-state index contributed by atoms with van der Waals surface area (Å²) in [6.45, 7) is 0.765. The van der Waals surface area contributed by atoms with Crippen molar-refractivity contribution in [3.05, 3.63) is 58.5 Å². The van der Waals surface area contributed by atoms with Crippen molar-refractivity contribution in [3.8, 4) is 0 Å². The number of fused-ring (bicyclic) bond motifs is 1. The molecule has 2 aromatic carbocycles. The number of thiazole rings is 1. The van der Waals surface area contributed by atoms with Gasteiger partial charge in [0.2, 0.25) is 0 Å². The predicted molar refractivity (Wildman–Crippen MR) is 89.3 cm³/mol. The van der Waals surface area contributed by atoms with E-state index in [9.17, 15) is 0 Å². The van der Waals surface area contributed by atoms with Gasteiger partial charge in [-0.05, 0) is 17.5 Å². The van der Waals surface area contributed by atoms with E-state index in [2.05, 4.69) is 16.4 Å². The molecule has 0 atom stereocenters. The standard InChI is InChI=1S/C15H13N3S2/c16-15(19)13-5-6-14(12-4-2-1-3-11(12)13)18-8-10-7-17-9-20-10/h1-7,9,18H,8H2,(H2,16,19). The number of anilines is 1. The number of nitrogens with one attached hydrogen (secondary N) is 1. The van der Waals surface area contributed by atoms with Crippen LogP contribution < -0.4 is 11.1 Å². The van der Waals surface area contributed by atoms with Crippen LogP contribution in [-0.4, -0.2) is 9.97 Å². The van der Waals surface area contributed by atoms with Crippen molar-refractivity contribution >= 4 is 45.0 Å². The summed E-state index contributed by atoms with van der Waals surface area (Å²) in [7, 11) is 0. The second-order valence-electron chi connectivity index (χ2n) is 4.39. The Hall–Kier alpha value is -1.98. The van der Waals surface area contributed by atoms with Crippen molar-refractivity contribution < 1.29 is 0 Å². The van der Waals surface area contributed by atoms with Crippen molar-refractivity contribution in [2.45, 2.75) is 6.54 Å². The zero-order valence-electron chi connectivity index (χ0n) is 10.7. The summed E-state index contributed by atoms with van der Waals surface area (Å²) in [6, 6.07) is 12.1. The average molecular weight is 299 g/mol. The van der Waals surface area contributed by atoms with Gasteiger partial charge < -0.3 is 11.1 Å². The fraction of sp³-hybridized carbons (Fsp3) is 0.0667. The molecule has 1 heterocycles. The zero-order valence-corrected chi connectivity index (χ0v) is 12.3.